The molecule has 0 aromatic carbocycles. The third kappa shape index (κ3) is 4.59. The Kier molecular flexibility index (Phi) is 6.68. The molecule has 27 heavy (non-hydrogen) atoms. The molecule has 0 radical (unpaired) electrons. The Morgan fingerprint density at radius 3 is 2.67 bits per heavy atom. The molecule has 3 heterocycles. The highest BCUT2D eigenvalue weighted by atomic mass is 32.1. The van der Waals surface area contributed by atoms with Crippen LogP contribution in [0.15, 0.2) is 29.1 Å². The van der Waals surface area contributed by atoms with Crippen molar-refractivity contribution < 1.29 is 9.59 Å². The summed E-state index contributed by atoms with van der Waals surface area (Å²) in [6.45, 7) is 8.24. The molecule has 1 aliphatic heterocycles. The largest absolute Gasteiger partial charge is 0.356 e. The van der Waals surface area contributed by atoms with Crippen molar-refractivity contribution in [3.05, 3.63) is 45.9 Å². The average molecular weight is 389 g/mol. The molecule has 6 nitrogen and oxygen atoms in total. The molecule has 3 rings (SSSR count). The number of carbonyl (C=O) groups is 2. The van der Waals surface area contributed by atoms with Gasteiger partial charge in [-0.3, -0.25) is 14.5 Å². The van der Waals surface area contributed by atoms with E-state index in [1.807, 2.05) is 4.90 Å². The molecule has 146 valence electrons. The van der Waals surface area contributed by atoms with Crippen molar-refractivity contribution in [1.82, 2.24) is 20.1 Å². The lowest BCUT2D eigenvalue weighted by Gasteiger charge is -2.29. The number of H-pyrrole nitrogens is 1. The number of likely N-dealkylation sites (tertiary alicyclic amines) is 1. The van der Waals surface area contributed by atoms with E-state index in [0.29, 0.717) is 17.8 Å². The number of hydrogen-bond donors (Lipinski definition) is 2. The van der Waals surface area contributed by atoms with E-state index in [9.17, 15) is 9.59 Å². The SMILES string of the molecule is CCN(CC)[C@@H](CNC(=O)c1c[nH]c(C(=O)N2CCCC2)c1)c1ccsc1. The van der Waals surface area contributed by atoms with Gasteiger partial charge in [-0.15, -0.1) is 0 Å². The molecule has 2 aromatic rings. The van der Waals surface area contributed by atoms with Gasteiger partial charge in [0.1, 0.15) is 5.69 Å². The molecule has 2 N–H and O–H groups in total. The number of thiophene rings is 1. The van der Waals surface area contributed by atoms with Crippen LogP contribution >= 0.6 is 11.3 Å². The summed E-state index contributed by atoms with van der Waals surface area (Å²) in [5.74, 6) is -0.176. The van der Waals surface area contributed by atoms with Gasteiger partial charge in [-0.1, -0.05) is 13.8 Å². The van der Waals surface area contributed by atoms with Crippen molar-refractivity contribution in [2.24, 2.45) is 0 Å². The second-order valence-corrected chi connectivity index (χ2v) is 7.59. The maximum absolute atomic E-state index is 12.6. The van der Waals surface area contributed by atoms with Gasteiger partial charge in [0.15, 0.2) is 0 Å². The number of nitrogens with one attached hydrogen (secondary N) is 2. The molecule has 0 saturated carbocycles. The lowest BCUT2D eigenvalue weighted by molar-refractivity contribution is 0.0787. The molecule has 7 heteroatoms. The lowest BCUT2D eigenvalue weighted by atomic mass is 10.1. The molecule has 2 aromatic heterocycles. The maximum Gasteiger partial charge on any atom is 0.270 e. The lowest BCUT2D eigenvalue weighted by Crippen LogP contribution is -2.37. The predicted octanol–water partition coefficient (Wildman–Crippen LogP) is 3.13. The minimum atomic E-state index is -0.154. The zero-order valence-corrected chi connectivity index (χ0v) is 16.8. The third-order valence-corrected chi connectivity index (χ3v) is 5.91. The molecule has 1 fully saturated rings. The Bertz CT molecular complexity index is 746. The first-order valence-corrected chi connectivity index (χ1v) is 10.6. The number of likely N-dealkylation sites (N-methyl/N-ethyl adjacent to an activating group) is 1. The summed E-state index contributed by atoms with van der Waals surface area (Å²) >= 11 is 1.67. The number of aromatic amines is 1. The van der Waals surface area contributed by atoms with Crippen molar-refractivity contribution in [2.45, 2.75) is 32.7 Å². The van der Waals surface area contributed by atoms with Crippen molar-refractivity contribution in [3.63, 3.8) is 0 Å². The minimum absolute atomic E-state index is 0.0224. The quantitative estimate of drug-likeness (QED) is 0.730. The summed E-state index contributed by atoms with van der Waals surface area (Å²) in [7, 11) is 0. The van der Waals surface area contributed by atoms with Crippen LogP contribution in [0.1, 0.15) is 59.1 Å². The van der Waals surface area contributed by atoms with Crippen LogP contribution < -0.4 is 5.32 Å². The van der Waals surface area contributed by atoms with Crippen molar-refractivity contribution in [2.75, 3.05) is 32.7 Å². The monoisotopic (exact) mass is 388 g/mol. The average Bonchev–Trinajstić information content (AvgIpc) is 3.45. The van der Waals surface area contributed by atoms with Crippen molar-refractivity contribution in [1.29, 1.82) is 0 Å². The van der Waals surface area contributed by atoms with Crippen molar-refractivity contribution >= 4 is 23.2 Å². The highest BCUT2D eigenvalue weighted by Crippen LogP contribution is 2.22. The second kappa shape index (κ2) is 9.19. The molecule has 0 bridgehead atoms. The van der Waals surface area contributed by atoms with Gasteiger partial charge < -0.3 is 15.2 Å². The Hall–Kier alpha value is -2.12. The first-order valence-electron chi connectivity index (χ1n) is 9.66. The van der Waals surface area contributed by atoms with Crippen LogP contribution in [-0.2, 0) is 0 Å². The molecular weight excluding hydrogens is 360 g/mol. The highest BCUT2D eigenvalue weighted by molar-refractivity contribution is 7.07. The van der Waals surface area contributed by atoms with Crippen molar-refractivity contribution in [3.8, 4) is 0 Å². The fraction of sp³-hybridized carbons (Fsp3) is 0.500. The maximum atomic E-state index is 12.6. The zero-order chi connectivity index (χ0) is 19.2. The minimum Gasteiger partial charge on any atom is -0.356 e. The first kappa shape index (κ1) is 19.6. The Labute approximate surface area is 164 Å². The van der Waals surface area contributed by atoms with Crippen LogP contribution in [-0.4, -0.2) is 59.3 Å². The van der Waals surface area contributed by atoms with Gasteiger partial charge in [0.25, 0.3) is 11.8 Å². The number of aromatic nitrogens is 1. The number of hydrogen-bond acceptors (Lipinski definition) is 4. The van der Waals surface area contributed by atoms with E-state index in [2.05, 4.69) is 45.9 Å². The van der Waals surface area contributed by atoms with Gasteiger partial charge in [0.2, 0.25) is 0 Å². The van der Waals surface area contributed by atoms with Crippen LogP contribution in [0.3, 0.4) is 0 Å². The van der Waals surface area contributed by atoms with E-state index >= 15 is 0 Å². The van der Waals surface area contributed by atoms with E-state index in [4.69, 9.17) is 0 Å². The molecule has 0 unspecified atom stereocenters. The molecule has 0 spiro atoms. The van der Waals surface area contributed by atoms with Gasteiger partial charge in [-0.05, 0) is 54.4 Å². The predicted molar refractivity (Wildman–Crippen MR) is 108 cm³/mol. The Morgan fingerprint density at radius 1 is 1.30 bits per heavy atom. The normalized spacial score (nSPS) is 15.3. The molecule has 1 aliphatic rings. The Balaban J connectivity index is 1.63. The van der Waals surface area contributed by atoms with E-state index in [1.54, 1.807) is 23.6 Å². The van der Waals surface area contributed by atoms with Gasteiger partial charge in [0.05, 0.1) is 11.6 Å². The number of rotatable bonds is 8. The molecule has 2 amide bonds. The van der Waals surface area contributed by atoms with Crippen LogP contribution in [0.4, 0.5) is 0 Å². The second-order valence-electron chi connectivity index (χ2n) is 6.81. The van der Waals surface area contributed by atoms with Gasteiger partial charge >= 0.3 is 0 Å². The summed E-state index contributed by atoms with van der Waals surface area (Å²) in [6, 6.07) is 3.93. The summed E-state index contributed by atoms with van der Waals surface area (Å²) in [4.78, 5) is 32.2. The molecular formula is C20H28N4O2S. The van der Waals surface area contributed by atoms with Crippen LogP contribution in [0, 0.1) is 0 Å². The third-order valence-electron chi connectivity index (χ3n) is 5.21. The molecule has 0 aliphatic carbocycles. The highest BCUT2D eigenvalue weighted by Gasteiger charge is 2.23. The summed E-state index contributed by atoms with van der Waals surface area (Å²) in [6.07, 6.45) is 3.72. The number of carbonyl (C=O) groups excluding carboxylic acids is 2. The number of nitrogens with zero attached hydrogens (tertiary/aromatic N) is 2. The summed E-state index contributed by atoms with van der Waals surface area (Å²) in [5.41, 5.74) is 2.21. The van der Waals surface area contributed by atoms with Gasteiger partial charge in [-0.2, -0.15) is 11.3 Å². The molecule has 1 atom stereocenters. The smallest absolute Gasteiger partial charge is 0.270 e. The summed E-state index contributed by atoms with van der Waals surface area (Å²) < 4.78 is 0. The Morgan fingerprint density at radius 2 is 2.04 bits per heavy atom. The fourth-order valence-electron chi connectivity index (χ4n) is 3.62. The standard InChI is InChI=1S/C20H28N4O2S/c1-3-23(4-2)18(15-7-10-27-14-15)13-22-19(25)16-11-17(21-12-16)20(26)24-8-5-6-9-24/h7,10-12,14,18,21H,3-6,8-9,13H2,1-2H3,(H,22,25)/t18-/m0/s1. The van der Waals surface area contributed by atoms with Crippen LogP contribution in [0.5, 0.6) is 0 Å². The van der Waals surface area contributed by atoms with E-state index in [0.717, 1.165) is 39.0 Å². The topological polar surface area (TPSA) is 68.4 Å². The van der Waals surface area contributed by atoms with E-state index in [1.165, 1.54) is 5.56 Å². The zero-order valence-electron chi connectivity index (χ0n) is 16.0. The van der Waals surface area contributed by atoms with Crippen LogP contribution in [0.2, 0.25) is 0 Å². The first-order chi connectivity index (χ1) is 13.1. The van der Waals surface area contributed by atoms with E-state index < -0.39 is 0 Å². The molecule has 1 saturated heterocycles. The fourth-order valence-corrected chi connectivity index (χ4v) is 4.32. The van der Waals surface area contributed by atoms with Crippen LogP contribution in [0.25, 0.3) is 0 Å². The van der Waals surface area contributed by atoms with E-state index in [-0.39, 0.29) is 17.9 Å². The number of amides is 2. The van der Waals surface area contributed by atoms with Gasteiger partial charge in [-0.25, -0.2) is 0 Å². The summed E-state index contributed by atoms with van der Waals surface area (Å²) in [5, 5.41) is 7.24. The van der Waals surface area contributed by atoms with Gasteiger partial charge in [0, 0.05) is 25.8 Å².